The molecule has 2 bridgehead atoms. The van der Waals surface area contributed by atoms with Crippen LogP contribution in [0.15, 0.2) is 48.5 Å². The molecule has 2 spiro atoms. The highest BCUT2D eigenvalue weighted by molar-refractivity contribution is 5.73. The highest BCUT2D eigenvalue weighted by atomic mass is 16.6. The number of amides is 1. The summed E-state index contributed by atoms with van der Waals surface area (Å²) in [7, 11) is 0. The van der Waals surface area contributed by atoms with Crippen molar-refractivity contribution in [3.05, 3.63) is 65.2 Å². The number of carbonyl (C=O) groups is 1. The number of hydrogen-bond acceptors (Lipinski definition) is 3. The van der Waals surface area contributed by atoms with Crippen molar-refractivity contribution in [2.75, 3.05) is 6.54 Å². The first-order valence-corrected chi connectivity index (χ1v) is 12.1. The Morgan fingerprint density at radius 1 is 1.06 bits per heavy atom. The molecule has 2 aromatic carbocycles. The van der Waals surface area contributed by atoms with Crippen LogP contribution >= 0.6 is 0 Å². The molecule has 1 amide bonds. The fraction of sp³-hybridized carbons (Fsp3) is 0.536. The summed E-state index contributed by atoms with van der Waals surface area (Å²) in [5, 5.41) is 0. The third-order valence-electron chi connectivity index (χ3n) is 8.40. The van der Waals surface area contributed by atoms with Gasteiger partial charge in [-0.15, -0.1) is 0 Å². The van der Waals surface area contributed by atoms with Crippen LogP contribution in [0.25, 0.3) is 0 Å². The van der Waals surface area contributed by atoms with Crippen molar-refractivity contribution >= 4 is 6.09 Å². The van der Waals surface area contributed by atoms with Crippen LogP contribution in [-0.2, 0) is 22.2 Å². The van der Waals surface area contributed by atoms with Gasteiger partial charge in [0, 0.05) is 17.4 Å². The molecule has 0 aromatic heterocycles. The van der Waals surface area contributed by atoms with Gasteiger partial charge in [-0.2, -0.15) is 0 Å². The Labute approximate surface area is 190 Å². The summed E-state index contributed by atoms with van der Waals surface area (Å²) in [6, 6.07) is 17.4. The van der Waals surface area contributed by atoms with E-state index in [-0.39, 0.29) is 16.9 Å². The van der Waals surface area contributed by atoms with E-state index < -0.39 is 5.60 Å². The fourth-order valence-corrected chi connectivity index (χ4v) is 7.42. The van der Waals surface area contributed by atoms with Crippen molar-refractivity contribution in [2.45, 2.75) is 82.0 Å². The number of benzene rings is 2. The van der Waals surface area contributed by atoms with Gasteiger partial charge in [-0.05, 0) is 74.8 Å². The molecule has 2 saturated carbocycles. The van der Waals surface area contributed by atoms with E-state index >= 15 is 0 Å². The van der Waals surface area contributed by atoms with Crippen LogP contribution in [-0.4, -0.2) is 29.2 Å². The number of hydrogen-bond donors (Lipinski definition) is 0. The van der Waals surface area contributed by atoms with Gasteiger partial charge in [0.05, 0.1) is 6.04 Å². The smallest absolute Gasteiger partial charge is 0.410 e. The fourth-order valence-electron chi connectivity index (χ4n) is 7.42. The molecule has 0 N–H and O–H groups in total. The molecule has 4 nitrogen and oxygen atoms in total. The maximum Gasteiger partial charge on any atom is 0.410 e. The van der Waals surface area contributed by atoms with Crippen molar-refractivity contribution in [3.63, 3.8) is 0 Å². The predicted octanol–water partition coefficient (Wildman–Crippen LogP) is 5.97. The molecule has 6 rings (SSSR count). The first kappa shape index (κ1) is 20.1. The molecule has 168 valence electrons. The molecule has 1 aliphatic heterocycles. The van der Waals surface area contributed by atoms with Crippen molar-refractivity contribution in [1.82, 2.24) is 4.90 Å². The number of ether oxygens (including phenoxy) is 2. The summed E-state index contributed by atoms with van der Waals surface area (Å²) < 4.78 is 12.0. The number of fused-ring (bicyclic) bond motifs is 2. The lowest BCUT2D eigenvalue weighted by Crippen LogP contribution is -2.69. The Balaban J connectivity index is 1.31. The first-order valence-electron chi connectivity index (χ1n) is 12.1. The lowest BCUT2D eigenvalue weighted by atomic mass is 9.58. The largest absolute Gasteiger partial charge is 0.489 e. The minimum atomic E-state index is -0.454. The van der Waals surface area contributed by atoms with Gasteiger partial charge in [0.2, 0.25) is 0 Å². The third kappa shape index (κ3) is 2.77. The summed E-state index contributed by atoms with van der Waals surface area (Å²) in [5.41, 5.74) is 4.01. The summed E-state index contributed by atoms with van der Waals surface area (Å²) in [5.74, 6) is 1.50. The zero-order valence-electron chi connectivity index (χ0n) is 19.4. The summed E-state index contributed by atoms with van der Waals surface area (Å²) in [6.45, 7) is 7.25. The van der Waals surface area contributed by atoms with Crippen LogP contribution < -0.4 is 4.74 Å². The Hall–Kier alpha value is -2.49. The Bertz CT molecular complexity index is 1060. The Morgan fingerprint density at radius 3 is 2.66 bits per heavy atom. The molecule has 3 fully saturated rings. The standard InChI is InChI=1S/C28H33NO3/c1-26(2,3)32-25(30)29-18-28-17-27(14-8-7-11-22(27)24(28)29)23-15-20(12-13-21(23)28)31-16-19-9-5-4-6-10-19/h4-6,9-10,12-13,15,22,24H,7-8,11,14,16-18H2,1-3H3. The maximum absolute atomic E-state index is 13.0. The van der Waals surface area contributed by atoms with E-state index in [1.807, 2.05) is 31.7 Å². The molecule has 0 radical (unpaired) electrons. The zero-order valence-corrected chi connectivity index (χ0v) is 19.4. The minimum absolute atomic E-state index is 0.110. The number of likely N-dealkylation sites (tertiary alicyclic amines) is 1. The molecule has 4 unspecified atom stereocenters. The quantitative estimate of drug-likeness (QED) is 0.601. The van der Waals surface area contributed by atoms with E-state index in [0.717, 1.165) is 12.3 Å². The van der Waals surface area contributed by atoms with Crippen molar-refractivity contribution in [2.24, 2.45) is 5.92 Å². The monoisotopic (exact) mass is 431 g/mol. The van der Waals surface area contributed by atoms with Crippen LogP contribution in [0, 0.1) is 5.92 Å². The van der Waals surface area contributed by atoms with Crippen LogP contribution in [0.2, 0.25) is 0 Å². The number of carbonyl (C=O) groups excluding carboxylic acids is 1. The molecular weight excluding hydrogens is 398 g/mol. The average molecular weight is 432 g/mol. The molecule has 4 heteroatoms. The van der Waals surface area contributed by atoms with E-state index in [1.165, 1.54) is 48.8 Å². The average Bonchev–Trinajstić information content (AvgIpc) is 3.15. The van der Waals surface area contributed by atoms with Gasteiger partial charge < -0.3 is 14.4 Å². The van der Waals surface area contributed by atoms with Gasteiger partial charge in [-0.25, -0.2) is 4.79 Å². The topological polar surface area (TPSA) is 38.8 Å². The minimum Gasteiger partial charge on any atom is -0.489 e. The van der Waals surface area contributed by atoms with Gasteiger partial charge in [0.25, 0.3) is 0 Å². The van der Waals surface area contributed by atoms with Gasteiger partial charge in [0.15, 0.2) is 0 Å². The van der Waals surface area contributed by atoms with E-state index in [1.54, 1.807) is 0 Å². The Kier molecular flexibility index (Phi) is 4.25. The van der Waals surface area contributed by atoms with Gasteiger partial charge >= 0.3 is 6.09 Å². The second-order valence-corrected chi connectivity index (χ2v) is 11.4. The van der Waals surface area contributed by atoms with Crippen LogP contribution in [0.4, 0.5) is 4.79 Å². The van der Waals surface area contributed by atoms with Crippen molar-refractivity contribution in [3.8, 4) is 5.75 Å². The molecule has 32 heavy (non-hydrogen) atoms. The molecule has 1 heterocycles. The van der Waals surface area contributed by atoms with Crippen LogP contribution in [0.1, 0.15) is 69.6 Å². The van der Waals surface area contributed by atoms with Crippen molar-refractivity contribution in [1.29, 1.82) is 0 Å². The molecule has 2 aromatic rings. The lowest BCUT2D eigenvalue weighted by molar-refractivity contribution is -0.0511. The third-order valence-corrected chi connectivity index (χ3v) is 8.40. The second kappa shape index (κ2) is 6.76. The van der Waals surface area contributed by atoms with Gasteiger partial charge in [-0.3, -0.25) is 0 Å². The number of rotatable bonds is 3. The molecular formula is C28H33NO3. The molecule has 3 aliphatic carbocycles. The van der Waals surface area contributed by atoms with Crippen LogP contribution in [0.3, 0.4) is 0 Å². The van der Waals surface area contributed by atoms with Crippen molar-refractivity contribution < 1.29 is 14.3 Å². The first-order chi connectivity index (χ1) is 15.3. The zero-order chi connectivity index (χ0) is 22.1. The number of nitrogens with zero attached hydrogens (tertiary/aromatic N) is 1. The molecule has 4 atom stereocenters. The second-order valence-electron chi connectivity index (χ2n) is 11.4. The molecule has 1 saturated heterocycles. The predicted molar refractivity (Wildman–Crippen MR) is 124 cm³/mol. The SMILES string of the molecule is CC(C)(C)OC(=O)N1CC23CC4(CCCCC4C12)c1cc(OCc2ccccc2)ccc13. The van der Waals surface area contributed by atoms with Crippen LogP contribution in [0.5, 0.6) is 5.75 Å². The van der Waals surface area contributed by atoms with E-state index in [9.17, 15) is 4.79 Å². The summed E-state index contributed by atoms with van der Waals surface area (Å²) in [4.78, 5) is 15.0. The van der Waals surface area contributed by atoms with E-state index in [2.05, 4.69) is 42.5 Å². The van der Waals surface area contributed by atoms with Gasteiger partial charge in [0.1, 0.15) is 18.0 Å². The lowest BCUT2D eigenvalue weighted by Gasteiger charge is -2.58. The normalized spacial score (nSPS) is 31.9. The summed E-state index contributed by atoms with van der Waals surface area (Å²) >= 11 is 0. The maximum atomic E-state index is 13.0. The molecule has 4 aliphatic rings. The van der Waals surface area contributed by atoms with Gasteiger partial charge in [-0.1, -0.05) is 49.2 Å². The summed E-state index contributed by atoms with van der Waals surface area (Å²) in [6.07, 6.45) is 6.03. The van der Waals surface area contributed by atoms with E-state index in [4.69, 9.17) is 9.47 Å². The highest BCUT2D eigenvalue weighted by Crippen LogP contribution is 2.72. The van der Waals surface area contributed by atoms with E-state index in [0.29, 0.717) is 18.6 Å². The Morgan fingerprint density at radius 2 is 1.88 bits per heavy atom. The highest BCUT2D eigenvalue weighted by Gasteiger charge is 2.75.